The predicted molar refractivity (Wildman–Crippen MR) is 94.3 cm³/mol. The van der Waals surface area contributed by atoms with Crippen molar-refractivity contribution in [3.05, 3.63) is 91.0 Å². The Balaban J connectivity index is 2.04. The molecule has 22 heavy (non-hydrogen) atoms. The van der Waals surface area contributed by atoms with Crippen molar-refractivity contribution in [1.82, 2.24) is 0 Å². The fraction of sp³-hybridized carbons (Fsp3) is 0. The van der Waals surface area contributed by atoms with E-state index < -0.39 is 0 Å². The normalized spacial score (nSPS) is 11.2. The van der Waals surface area contributed by atoms with E-state index in [1.807, 2.05) is 66.7 Å². The first-order chi connectivity index (χ1) is 10.8. The predicted octanol–water partition coefficient (Wildman–Crippen LogP) is 4.68. The van der Waals surface area contributed by atoms with Crippen molar-refractivity contribution in [2.24, 2.45) is 4.99 Å². The van der Waals surface area contributed by atoms with E-state index in [-0.39, 0.29) is 0 Å². The number of amidine groups is 1. The van der Waals surface area contributed by atoms with E-state index in [0.717, 1.165) is 21.8 Å². The fourth-order valence-corrected chi connectivity index (χ4v) is 2.85. The Bertz CT molecular complexity index is 701. The topological polar surface area (TPSA) is 15.6 Å². The van der Waals surface area contributed by atoms with Gasteiger partial charge in [-0.2, -0.15) is 0 Å². The molecule has 0 bridgehead atoms. The van der Waals surface area contributed by atoms with E-state index in [0.29, 0.717) is 0 Å². The van der Waals surface area contributed by atoms with Crippen molar-refractivity contribution in [3.63, 3.8) is 0 Å². The number of anilines is 2. The van der Waals surface area contributed by atoms with E-state index in [2.05, 4.69) is 45.2 Å². The summed E-state index contributed by atoms with van der Waals surface area (Å²) in [5.41, 5.74) is 3.07. The van der Waals surface area contributed by atoms with Gasteiger partial charge < -0.3 is 0 Å². The quantitative estimate of drug-likeness (QED) is 0.380. The summed E-state index contributed by atoms with van der Waals surface area (Å²) >= 11 is 3.10. The Morgan fingerprint density at radius 1 is 0.636 bits per heavy atom. The standard InChI is InChI=1S/C19H15N2Se/c22-19(20-16-10-4-1-5-11-16)21(17-12-6-2-7-13-17)18-14-8-3-9-15-18/h1-15H. The van der Waals surface area contributed by atoms with Crippen LogP contribution in [0.25, 0.3) is 0 Å². The molecular weight excluding hydrogens is 335 g/mol. The van der Waals surface area contributed by atoms with Crippen LogP contribution in [0.5, 0.6) is 0 Å². The molecule has 0 aromatic heterocycles. The Labute approximate surface area is 139 Å². The van der Waals surface area contributed by atoms with Gasteiger partial charge in [-0.05, 0) is 0 Å². The minimum absolute atomic E-state index is 0.809. The van der Waals surface area contributed by atoms with Crippen LogP contribution in [0.1, 0.15) is 0 Å². The first kappa shape index (κ1) is 14.6. The summed E-state index contributed by atoms with van der Waals surface area (Å²) in [7, 11) is 0. The fourth-order valence-electron chi connectivity index (χ4n) is 2.19. The Kier molecular flexibility index (Phi) is 4.69. The summed E-state index contributed by atoms with van der Waals surface area (Å²) in [5.74, 6) is 0. The van der Waals surface area contributed by atoms with Gasteiger partial charge >= 0.3 is 139 Å². The zero-order valence-electron chi connectivity index (χ0n) is 12.0. The monoisotopic (exact) mass is 351 g/mol. The summed E-state index contributed by atoms with van der Waals surface area (Å²) < 4.78 is 0.809. The molecule has 3 rings (SSSR count). The van der Waals surface area contributed by atoms with Crippen molar-refractivity contribution in [2.45, 2.75) is 0 Å². The van der Waals surface area contributed by atoms with Crippen LogP contribution in [0.2, 0.25) is 0 Å². The molecule has 3 aromatic rings. The van der Waals surface area contributed by atoms with Gasteiger partial charge in [0.2, 0.25) is 0 Å². The van der Waals surface area contributed by atoms with Gasteiger partial charge in [0, 0.05) is 0 Å². The molecule has 0 heterocycles. The van der Waals surface area contributed by atoms with Crippen LogP contribution in [0.15, 0.2) is 96.0 Å². The van der Waals surface area contributed by atoms with E-state index in [9.17, 15) is 0 Å². The van der Waals surface area contributed by atoms with Gasteiger partial charge in [0.05, 0.1) is 0 Å². The zero-order chi connectivity index (χ0) is 15.2. The van der Waals surface area contributed by atoms with Crippen LogP contribution in [-0.4, -0.2) is 20.7 Å². The Morgan fingerprint density at radius 2 is 1.05 bits per heavy atom. The molecule has 0 amide bonds. The van der Waals surface area contributed by atoms with Crippen molar-refractivity contribution < 1.29 is 0 Å². The number of nitrogens with zero attached hydrogens (tertiary/aromatic N) is 2. The molecule has 0 atom stereocenters. The van der Waals surface area contributed by atoms with Gasteiger partial charge in [-0.15, -0.1) is 0 Å². The summed E-state index contributed by atoms with van der Waals surface area (Å²) in [6.07, 6.45) is 0. The summed E-state index contributed by atoms with van der Waals surface area (Å²) in [6, 6.07) is 30.4. The second-order valence-electron chi connectivity index (χ2n) is 4.74. The molecule has 0 aliphatic heterocycles. The molecule has 0 fully saturated rings. The van der Waals surface area contributed by atoms with Crippen LogP contribution in [0, 0.1) is 0 Å². The number of hydrogen-bond acceptors (Lipinski definition) is 1. The number of aliphatic imine (C=N–C) groups is 1. The molecule has 2 nitrogen and oxygen atoms in total. The van der Waals surface area contributed by atoms with Gasteiger partial charge in [-0.3, -0.25) is 0 Å². The molecule has 0 unspecified atom stereocenters. The van der Waals surface area contributed by atoms with Crippen molar-refractivity contribution >= 4 is 37.8 Å². The average Bonchev–Trinajstić information content (AvgIpc) is 2.58. The third kappa shape index (κ3) is 3.45. The van der Waals surface area contributed by atoms with Gasteiger partial charge in [-0.25, -0.2) is 0 Å². The molecular formula is C19H15N2Se. The van der Waals surface area contributed by atoms with Crippen LogP contribution < -0.4 is 4.90 Å². The average molecular weight is 350 g/mol. The Hall–Kier alpha value is -2.35. The first-order valence-corrected chi connectivity index (χ1v) is 7.91. The number of para-hydroxylation sites is 3. The molecule has 0 aliphatic carbocycles. The molecule has 3 heteroatoms. The van der Waals surface area contributed by atoms with Crippen molar-refractivity contribution in [3.8, 4) is 0 Å². The zero-order valence-corrected chi connectivity index (χ0v) is 13.7. The summed E-state index contributed by atoms with van der Waals surface area (Å²) in [5, 5.41) is 0. The minimum atomic E-state index is 0.809. The molecule has 0 N–H and O–H groups in total. The molecule has 0 spiro atoms. The SMILES string of the molecule is [Se]C(=Nc1ccccc1)N(c1ccccc1)c1ccccc1. The van der Waals surface area contributed by atoms with Crippen molar-refractivity contribution in [1.29, 1.82) is 0 Å². The van der Waals surface area contributed by atoms with E-state index in [1.54, 1.807) is 0 Å². The maximum atomic E-state index is 4.70. The maximum absolute atomic E-state index is 4.70. The van der Waals surface area contributed by atoms with Crippen molar-refractivity contribution in [2.75, 3.05) is 4.90 Å². The van der Waals surface area contributed by atoms with Gasteiger partial charge in [0.25, 0.3) is 0 Å². The second-order valence-corrected chi connectivity index (χ2v) is 5.50. The summed E-state index contributed by atoms with van der Waals surface area (Å²) in [6.45, 7) is 0. The first-order valence-electron chi connectivity index (χ1n) is 7.05. The Morgan fingerprint density at radius 3 is 1.50 bits per heavy atom. The third-order valence-corrected chi connectivity index (χ3v) is 3.78. The van der Waals surface area contributed by atoms with Gasteiger partial charge in [0.1, 0.15) is 0 Å². The number of rotatable bonds is 3. The molecule has 3 aromatic carbocycles. The molecule has 0 saturated carbocycles. The van der Waals surface area contributed by atoms with Gasteiger partial charge in [0.15, 0.2) is 0 Å². The third-order valence-electron chi connectivity index (χ3n) is 3.20. The molecule has 1 radical (unpaired) electrons. The molecule has 0 aliphatic rings. The molecule has 0 saturated heterocycles. The summed E-state index contributed by atoms with van der Waals surface area (Å²) in [4.78, 5) is 6.80. The van der Waals surface area contributed by atoms with Crippen LogP contribution >= 0.6 is 0 Å². The van der Waals surface area contributed by atoms with Crippen LogP contribution in [-0.2, 0) is 0 Å². The van der Waals surface area contributed by atoms with E-state index >= 15 is 0 Å². The van der Waals surface area contributed by atoms with Gasteiger partial charge in [-0.1, -0.05) is 0 Å². The van der Waals surface area contributed by atoms with Crippen LogP contribution in [0.3, 0.4) is 0 Å². The van der Waals surface area contributed by atoms with E-state index in [4.69, 9.17) is 4.99 Å². The molecule has 107 valence electrons. The number of benzene rings is 3. The second kappa shape index (κ2) is 7.08. The van der Waals surface area contributed by atoms with E-state index in [1.165, 1.54) is 0 Å². The van der Waals surface area contributed by atoms with Crippen LogP contribution in [0.4, 0.5) is 17.1 Å². The number of hydrogen-bond donors (Lipinski definition) is 0.